The molecule has 0 aliphatic carbocycles. The predicted molar refractivity (Wildman–Crippen MR) is 335 cm³/mol. The van der Waals surface area contributed by atoms with Crippen LogP contribution in [0.25, 0.3) is 0 Å². The normalized spacial score (nSPS) is 13.7. The molecule has 464 valence electrons. The fraction of sp³-hybridized carbons (Fsp3) is 0.779. The molecule has 0 spiro atoms. The first-order valence-corrected chi connectivity index (χ1v) is 34.3. The van der Waals surface area contributed by atoms with Gasteiger partial charge in [0.1, 0.15) is 12.7 Å². The van der Waals surface area contributed by atoms with Crippen LogP contribution in [0.5, 0.6) is 0 Å². The van der Waals surface area contributed by atoms with E-state index in [2.05, 4.69) is 93.7 Å². The number of carbonyl (C=O) groups excluding carboxylic acids is 3. The van der Waals surface area contributed by atoms with Crippen LogP contribution in [0.4, 0.5) is 0 Å². The maximum absolute atomic E-state index is 13.0. The summed E-state index contributed by atoms with van der Waals surface area (Å²) in [6, 6.07) is 0. The Morgan fingerprint density at radius 3 is 1.02 bits per heavy atom. The second-order valence-corrected chi connectivity index (χ2v) is 23.4. The highest BCUT2D eigenvalue weighted by atomic mass is 31.2. The van der Waals surface area contributed by atoms with E-state index in [4.69, 9.17) is 23.3 Å². The molecule has 3 unspecified atom stereocenters. The van der Waals surface area contributed by atoms with Crippen LogP contribution in [0.3, 0.4) is 0 Å². The van der Waals surface area contributed by atoms with Gasteiger partial charge in [-0.1, -0.05) is 267 Å². The molecule has 0 aliphatic rings. The summed E-state index contributed by atoms with van der Waals surface area (Å²) < 4.78 is 39.7. The summed E-state index contributed by atoms with van der Waals surface area (Å²) in [7, 11) is -4.76. The first kappa shape index (κ1) is 76.9. The molecule has 11 nitrogen and oxygen atoms in total. The number of ether oxygens (including phenoxy) is 3. The molecule has 0 rings (SSSR count). The minimum Gasteiger partial charge on any atom is -0.462 e. The van der Waals surface area contributed by atoms with Gasteiger partial charge in [-0.05, 0) is 89.9 Å². The first-order valence-electron chi connectivity index (χ1n) is 32.8. The zero-order chi connectivity index (χ0) is 58.3. The summed E-state index contributed by atoms with van der Waals surface area (Å²) in [4.78, 5) is 48.8. The van der Waals surface area contributed by atoms with E-state index in [1.807, 2.05) is 0 Å². The number of phosphoric ester groups is 1. The number of hydrogen-bond acceptors (Lipinski definition) is 10. The van der Waals surface area contributed by atoms with Gasteiger partial charge in [0.2, 0.25) is 0 Å². The van der Waals surface area contributed by atoms with Crippen LogP contribution in [0.2, 0.25) is 0 Å². The van der Waals surface area contributed by atoms with Crippen molar-refractivity contribution in [3.8, 4) is 0 Å². The average Bonchev–Trinajstić information content (AvgIpc) is 3.45. The molecule has 0 aliphatic heterocycles. The van der Waals surface area contributed by atoms with Crippen LogP contribution in [0.1, 0.15) is 303 Å². The Labute approximate surface area is 490 Å². The summed E-state index contributed by atoms with van der Waals surface area (Å²) in [5.74, 6) is -1.50. The highest BCUT2D eigenvalue weighted by Crippen LogP contribution is 2.43. The quantitative estimate of drug-likeness (QED) is 0.0197. The Kier molecular flexibility index (Phi) is 59.6. The third-order valence-corrected chi connectivity index (χ3v) is 15.1. The molecule has 0 aromatic rings. The minimum absolute atomic E-state index is 0.162. The fourth-order valence-electron chi connectivity index (χ4n) is 9.14. The molecular weight excluding hydrogens is 1020 g/mol. The van der Waals surface area contributed by atoms with Crippen LogP contribution in [-0.4, -0.2) is 66.5 Å². The van der Waals surface area contributed by atoms with Gasteiger partial charge in [0.25, 0.3) is 0 Å². The van der Waals surface area contributed by atoms with Gasteiger partial charge in [-0.25, -0.2) is 4.57 Å². The van der Waals surface area contributed by atoms with E-state index in [1.54, 1.807) is 0 Å². The summed E-state index contributed by atoms with van der Waals surface area (Å²) in [5, 5.41) is 9.85. The molecule has 0 aromatic heterocycles. The smallest absolute Gasteiger partial charge is 0.462 e. The number of carbonyl (C=O) groups is 3. The Morgan fingerprint density at radius 2 is 0.650 bits per heavy atom. The van der Waals surface area contributed by atoms with Crippen LogP contribution < -0.4 is 0 Å². The zero-order valence-corrected chi connectivity index (χ0v) is 52.4. The number of allylic oxidation sites excluding steroid dienone is 12. The number of phosphoric acid groups is 1. The highest BCUT2D eigenvalue weighted by molar-refractivity contribution is 7.47. The molecule has 80 heavy (non-hydrogen) atoms. The van der Waals surface area contributed by atoms with E-state index in [0.717, 1.165) is 109 Å². The van der Waals surface area contributed by atoms with Crippen molar-refractivity contribution in [3.05, 3.63) is 72.9 Å². The Morgan fingerprint density at radius 1 is 0.362 bits per heavy atom. The fourth-order valence-corrected chi connectivity index (χ4v) is 9.93. The lowest BCUT2D eigenvalue weighted by molar-refractivity contribution is -0.161. The van der Waals surface area contributed by atoms with Gasteiger partial charge in [0.15, 0.2) is 6.10 Å². The second-order valence-electron chi connectivity index (χ2n) is 21.9. The van der Waals surface area contributed by atoms with Crippen molar-refractivity contribution in [2.45, 2.75) is 315 Å². The van der Waals surface area contributed by atoms with E-state index >= 15 is 0 Å². The summed E-state index contributed by atoms with van der Waals surface area (Å²) >= 11 is 0. The van der Waals surface area contributed by atoms with Crippen molar-refractivity contribution in [2.75, 3.05) is 26.4 Å². The molecule has 0 aromatic carbocycles. The lowest BCUT2D eigenvalue weighted by atomic mass is 10.0. The van der Waals surface area contributed by atoms with Gasteiger partial charge < -0.3 is 24.2 Å². The number of unbranched alkanes of at least 4 members (excludes halogenated alkanes) is 32. The molecule has 0 fully saturated rings. The van der Waals surface area contributed by atoms with Crippen molar-refractivity contribution in [2.24, 2.45) is 0 Å². The average molecular weight is 1150 g/mol. The third-order valence-electron chi connectivity index (χ3n) is 14.1. The Bertz CT molecular complexity index is 1620. The minimum atomic E-state index is -4.76. The molecule has 3 atom stereocenters. The van der Waals surface area contributed by atoms with E-state index in [9.17, 15) is 28.9 Å². The number of rotatable bonds is 61. The maximum atomic E-state index is 13.0. The molecular formula is C68H121O11P. The van der Waals surface area contributed by atoms with E-state index < -0.39 is 57.8 Å². The number of hydrogen-bond donors (Lipinski definition) is 2. The van der Waals surface area contributed by atoms with E-state index in [-0.39, 0.29) is 25.9 Å². The molecule has 0 bridgehead atoms. The van der Waals surface area contributed by atoms with Crippen molar-refractivity contribution in [3.63, 3.8) is 0 Å². The van der Waals surface area contributed by atoms with E-state index in [1.165, 1.54) is 135 Å². The Hall–Kier alpha value is -3.08. The van der Waals surface area contributed by atoms with Gasteiger partial charge in [-0.3, -0.25) is 23.4 Å². The van der Waals surface area contributed by atoms with Gasteiger partial charge >= 0.3 is 25.7 Å². The zero-order valence-electron chi connectivity index (χ0n) is 51.5. The number of aliphatic hydroxyl groups is 1. The van der Waals surface area contributed by atoms with Crippen molar-refractivity contribution < 1.29 is 52.2 Å². The lowest BCUT2D eigenvalue weighted by Gasteiger charge is -2.21. The molecule has 0 heterocycles. The SMILES string of the molecule is CC/C=C\C/C=C\C/C=C\C/C=C\C/C=C\CCCCCC(=O)OCC(COP(=O)(O)OCC(CO)OC(=O)CCCCCCC/C=C\CCCCCCCC)OC(=O)CCCCCCCCCCCCCCCCCCCCC. The molecule has 0 amide bonds. The molecule has 2 N–H and O–H groups in total. The van der Waals surface area contributed by atoms with Crippen LogP contribution in [-0.2, 0) is 42.2 Å². The van der Waals surface area contributed by atoms with Gasteiger partial charge in [-0.15, -0.1) is 0 Å². The molecule has 0 saturated heterocycles. The molecule has 0 saturated carbocycles. The summed E-state index contributed by atoms with van der Waals surface area (Å²) in [5.41, 5.74) is 0. The van der Waals surface area contributed by atoms with E-state index in [0.29, 0.717) is 19.3 Å². The Balaban J connectivity index is 4.74. The predicted octanol–water partition coefficient (Wildman–Crippen LogP) is 20.0. The second kappa shape index (κ2) is 62.0. The number of esters is 3. The third kappa shape index (κ3) is 59.5. The standard InChI is InChI=1S/C68H121O11P/c1-4-7-10-13-16-19-22-25-28-30-32-34-37-39-42-45-48-51-54-57-66(70)75-61-65(79-68(72)59-56-53-50-47-44-41-38-35-33-31-29-26-23-20-17-14-11-8-5-2)63-77-80(73,74)76-62-64(60-69)78-67(71)58-55-52-49-46-43-40-36-27-24-21-18-15-12-9-6-3/h7,10,16,19,25,27-28,32,34,36,39,42,64-65,69H,4-6,8-9,11-15,17-18,20-24,26,29-31,33,35,37-38,40-41,43-63H2,1-3H3,(H,73,74)/b10-7-,19-16-,28-25-,34-32-,36-27-,42-39-. The first-order chi connectivity index (χ1) is 39.2. The van der Waals surface area contributed by atoms with Gasteiger partial charge in [-0.2, -0.15) is 0 Å². The highest BCUT2D eigenvalue weighted by Gasteiger charge is 2.28. The molecule has 0 radical (unpaired) electrons. The van der Waals surface area contributed by atoms with Gasteiger partial charge in [0, 0.05) is 19.3 Å². The summed E-state index contributed by atoms with van der Waals surface area (Å²) in [6.45, 7) is 4.54. The number of aliphatic hydroxyl groups excluding tert-OH is 1. The van der Waals surface area contributed by atoms with Gasteiger partial charge in [0.05, 0.1) is 19.8 Å². The van der Waals surface area contributed by atoms with Crippen LogP contribution >= 0.6 is 7.82 Å². The lowest BCUT2D eigenvalue weighted by Crippen LogP contribution is -2.30. The van der Waals surface area contributed by atoms with Crippen molar-refractivity contribution in [1.82, 2.24) is 0 Å². The largest absolute Gasteiger partial charge is 0.472 e. The van der Waals surface area contributed by atoms with Crippen LogP contribution in [0, 0.1) is 0 Å². The van der Waals surface area contributed by atoms with Crippen LogP contribution in [0.15, 0.2) is 72.9 Å². The molecule has 12 heteroatoms. The van der Waals surface area contributed by atoms with Crippen molar-refractivity contribution >= 4 is 25.7 Å². The monoisotopic (exact) mass is 1140 g/mol. The topological polar surface area (TPSA) is 155 Å². The van der Waals surface area contributed by atoms with Crippen molar-refractivity contribution in [1.29, 1.82) is 0 Å². The maximum Gasteiger partial charge on any atom is 0.472 e. The summed E-state index contributed by atoms with van der Waals surface area (Å²) in [6.07, 6.45) is 71.4.